The third kappa shape index (κ3) is 17.5. The van der Waals surface area contributed by atoms with E-state index in [9.17, 15) is 33.9 Å². The van der Waals surface area contributed by atoms with E-state index in [0.29, 0.717) is 56.8 Å². The van der Waals surface area contributed by atoms with Crippen LogP contribution in [0, 0.1) is 5.92 Å². The number of methoxy groups -OCH3 is 2. The van der Waals surface area contributed by atoms with Gasteiger partial charge in [-0.3, -0.25) is 29.9 Å². The van der Waals surface area contributed by atoms with Crippen LogP contribution in [0.25, 0.3) is 10.9 Å². The SMILES string of the molecule is CNN(C)Cc1cc2ccccc2n1CCC(=O)N[C@@H](CCCCN)C(=O)NCCOCCOCCC(=O)N(C)[C@@H](C)C(=O)O[C@H]1CC(=O)N(C)c2cc(cc(OC)c2Cl)C/C(C)=C/C=C/[C@@H](OC)[C@@]2(O)C[C@H](OC(=O)N2)[C@@H](C)C2OC21C. The highest BCUT2D eigenvalue weighted by atomic mass is 35.5. The van der Waals surface area contributed by atoms with Gasteiger partial charge in [-0.15, -0.1) is 0 Å². The van der Waals surface area contributed by atoms with Crippen LogP contribution in [-0.4, -0.2) is 185 Å². The minimum Gasteiger partial charge on any atom is -0.495 e. The molecule has 3 aliphatic rings. The van der Waals surface area contributed by atoms with Crippen LogP contribution in [0.5, 0.6) is 5.75 Å². The van der Waals surface area contributed by atoms with Crippen LogP contribution < -0.4 is 36.7 Å². The number of hydrogen-bond acceptors (Lipinski definition) is 17. The number of aliphatic hydroxyl groups is 1. The number of rotatable bonds is 26. The van der Waals surface area contributed by atoms with Crippen LogP contribution in [0.2, 0.25) is 5.02 Å². The maximum Gasteiger partial charge on any atom is 0.409 e. The van der Waals surface area contributed by atoms with Gasteiger partial charge in [-0.05, 0) is 95.3 Å². The summed E-state index contributed by atoms with van der Waals surface area (Å²) >= 11 is 6.83. The van der Waals surface area contributed by atoms with Crippen LogP contribution >= 0.6 is 11.6 Å². The lowest BCUT2D eigenvalue weighted by Crippen LogP contribution is -2.63. The Kier molecular flexibility index (Phi) is 24.3. The van der Waals surface area contributed by atoms with Gasteiger partial charge in [0.15, 0.2) is 5.72 Å². The van der Waals surface area contributed by atoms with Crippen LogP contribution in [0.3, 0.4) is 0 Å². The zero-order chi connectivity index (χ0) is 60.6. The van der Waals surface area contributed by atoms with Gasteiger partial charge < -0.3 is 69.0 Å². The fourth-order valence-corrected chi connectivity index (χ4v) is 10.8. The second-order valence-corrected chi connectivity index (χ2v) is 22.1. The normalized spacial score (nSPS) is 24.6. The number of halogens is 1. The maximum atomic E-state index is 14.4. The first-order valence-corrected chi connectivity index (χ1v) is 28.7. The number of unbranched alkanes of at least 4 members (excludes halogenated alkanes) is 1. The molecule has 7 N–H and O–H groups in total. The zero-order valence-electron chi connectivity index (χ0n) is 49.6. The summed E-state index contributed by atoms with van der Waals surface area (Å²) in [5.41, 5.74) is 9.79. The third-order valence-electron chi connectivity index (χ3n) is 15.7. The molecule has 24 heteroatoms. The number of likely N-dealkylation sites (N-methyl/N-ethyl adjacent to an activating group) is 1. The number of carbonyl (C=O) groups excluding carboxylic acids is 6. The predicted octanol–water partition coefficient (Wildman–Crippen LogP) is 4.28. The number of nitrogens with one attached hydrogen (secondary N) is 4. The minimum atomic E-state index is -1.87. The number of hydrogen-bond donors (Lipinski definition) is 6. The van der Waals surface area contributed by atoms with E-state index in [-0.39, 0.29) is 75.5 Å². The molecule has 9 atom stereocenters. The smallest absolute Gasteiger partial charge is 0.409 e. The van der Waals surface area contributed by atoms with E-state index in [0.717, 1.165) is 27.7 Å². The lowest BCUT2D eigenvalue weighted by atomic mass is 9.83. The van der Waals surface area contributed by atoms with E-state index in [1.807, 2.05) is 56.4 Å². The first-order valence-electron chi connectivity index (χ1n) is 28.3. The molecular formula is C59H86ClN9O14. The second-order valence-electron chi connectivity index (χ2n) is 21.7. The highest BCUT2D eigenvalue weighted by Gasteiger charge is 2.64. The quantitative estimate of drug-likeness (QED) is 0.0283. The molecule has 2 unspecified atom stereocenters. The molecule has 4 heterocycles. The summed E-state index contributed by atoms with van der Waals surface area (Å²) in [6.07, 6.45) is 2.38. The predicted molar refractivity (Wildman–Crippen MR) is 312 cm³/mol. The van der Waals surface area contributed by atoms with Gasteiger partial charge in [0.05, 0.1) is 64.7 Å². The molecule has 0 saturated carbocycles. The Morgan fingerprint density at radius 1 is 1.04 bits per heavy atom. The van der Waals surface area contributed by atoms with Crippen molar-refractivity contribution in [3.8, 4) is 5.75 Å². The molecule has 2 aromatic carbocycles. The lowest BCUT2D eigenvalue weighted by Gasteiger charge is -2.42. The topological polar surface area (TPSA) is 279 Å². The third-order valence-corrected chi connectivity index (χ3v) is 16.1. The Morgan fingerprint density at radius 3 is 2.48 bits per heavy atom. The highest BCUT2D eigenvalue weighted by molar-refractivity contribution is 6.35. The van der Waals surface area contributed by atoms with E-state index in [1.54, 1.807) is 45.2 Å². The number of aromatic nitrogens is 1. The van der Waals surface area contributed by atoms with Gasteiger partial charge in [0, 0.05) is 71.3 Å². The van der Waals surface area contributed by atoms with Crippen LogP contribution in [-0.2, 0) is 71.9 Å². The number of aryl methyl sites for hydroxylation is 1. The number of carbonyl (C=O) groups is 6. The number of benzene rings is 2. The number of nitrogens with two attached hydrogens (primary N) is 1. The molecular weight excluding hydrogens is 1090 g/mol. The minimum absolute atomic E-state index is 0.0151. The molecule has 2 fully saturated rings. The molecule has 1 aromatic heterocycles. The largest absolute Gasteiger partial charge is 0.495 e. The summed E-state index contributed by atoms with van der Waals surface area (Å²) in [5.74, 6) is -2.51. The Labute approximate surface area is 491 Å². The van der Waals surface area contributed by atoms with Crippen molar-refractivity contribution in [2.24, 2.45) is 11.7 Å². The zero-order valence-corrected chi connectivity index (χ0v) is 50.4. The number of ether oxygens (including phenoxy) is 7. The molecule has 458 valence electrons. The number of epoxide rings is 1. The van der Waals surface area contributed by atoms with Crippen molar-refractivity contribution < 1.29 is 67.0 Å². The Morgan fingerprint density at radius 2 is 1.77 bits per heavy atom. The van der Waals surface area contributed by atoms with Gasteiger partial charge in [0.2, 0.25) is 23.6 Å². The molecule has 2 saturated heterocycles. The van der Waals surface area contributed by atoms with Crippen molar-refractivity contribution in [3.05, 3.63) is 82.5 Å². The second kappa shape index (κ2) is 30.6. The van der Waals surface area contributed by atoms with Crippen LogP contribution in [0.4, 0.5) is 10.5 Å². The van der Waals surface area contributed by atoms with E-state index in [1.165, 1.54) is 38.0 Å². The molecule has 0 aliphatic carbocycles. The number of alkyl carbamates (subject to hydrolysis) is 1. The number of nitrogens with zero attached hydrogens (tertiary/aromatic N) is 4. The van der Waals surface area contributed by atoms with Crippen molar-refractivity contribution in [1.82, 2.24) is 35.9 Å². The van der Waals surface area contributed by atoms with Gasteiger partial charge in [-0.2, -0.15) is 0 Å². The number of allylic oxidation sites excluding steroid dienone is 3. The number of para-hydroxylation sites is 1. The molecule has 4 bridgehead atoms. The number of amides is 5. The average molecular weight is 1180 g/mol. The van der Waals surface area contributed by atoms with Gasteiger partial charge >= 0.3 is 12.1 Å². The first-order chi connectivity index (χ1) is 39.6. The van der Waals surface area contributed by atoms with Gasteiger partial charge in [0.1, 0.15) is 46.8 Å². The van der Waals surface area contributed by atoms with Crippen molar-refractivity contribution in [3.63, 3.8) is 0 Å². The Balaban J connectivity index is 1.000. The van der Waals surface area contributed by atoms with Crippen LogP contribution in [0.1, 0.15) is 83.9 Å². The van der Waals surface area contributed by atoms with Crippen molar-refractivity contribution >= 4 is 63.9 Å². The first kappa shape index (κ1) is 66.0. The fourth-order valence-electron chi connectivity index (χ4n) is 10.5. The molecule has 23 nitrogen and oxygen atoms in total. The summed E-state index contributed by atoms with van der Waals surface area (Å²) in [4.78, 5) is 84.2. The number of anilines is 1. The van der Waals surface area contributed by atoms with Gasteiger partial charge in [0.25, 0.3) is 0 Å². The van der Waals surface area contributed by atoms with Crippen molar-refractivity contribution in [2.75, 3.05) is 86.8 Å². The molecule has 5 amide bonds. The molecule has 3 aromatic rings. The number of hydrazine groups is 1. The van der Waals surface area contributed by atoms with Crippen molar-refractivity contribution in [2.45, 2.75) is 140 Å². The number of esters is 1. The summed E-state index contributed by atoms with van der Waals surface area (Å²) < 4.78 is 43.0. The fraction of sp³-hybridized carbons (Fsp3) is 0.593. The van der Waals surface area contributed by atoms with Gasteiger partial charge in [-0.25, -0.2) is 14.6 Å². The van der Waals surface area contributed by atoms with E-state index >= 15 is 0 Å². The Bertz CT molecular complexity index is 2800. The van der Waals surface area contributed by atoms with E-state index in [4.69, 9.17) is 50.5 Å². The summed E-state index contributed by atoms with van der Waals surface area (Å²) in [6, 6.07) is 11.8. The molecule has 83 heavy (non-hydrogen) atoms. The lowest BCUT2D eigenvalue weighted by molar-refractivity contribution is -0.162. The van der Waals surface area contributed by atoms with Gasteiger partial charge in [-0.1, -0.05) is 60.5 Å². The standard InChI is InChI=1S/C59H86ClN9O14/c1-37-16-15-20-48(78-10)59(76)35-47(81-57(75)65-59)38(2)54-58(4,83-54)49(34-52(72)68(8)45-31-40(30-37)32-46(77-9)53(45)60)82-56(74)39(3)67(7)51(71)22-26-79-28-29-80-27-24-63-55(73)43(18-13-14-23-61)64-50(70)21-25-69-42(36-66(6)62-5)33-41-17-11-12-19-44(41)69/h11-12,15-17,19-20,31-33,38-39,43,47-49,54,62,76H,13-14,18,21-30,34-36,61H2,1-10H3,(H,63,73)(H,64,70)(H,65,75)/b20-15+,37-16+/t38-,39+,43+,47+,48-,49+,54?,58?,59+/m1/s1. The van der Waals surface area contributed by atoms with Crippen molar-refractivity contribution in [1.29, 1.82) is 0 Å². The highest BCUT2D eigenvalue weighted by Crippen LogP contribution is 2.49. The summed E-state index contributed by atoms with van der Waals surface area (Å²) in [5, 5.41) is 23.4. The van der Waals surface area contributed by atoms with E-state index in [2.05, 4.69) is 32.0 Å². The average Bonchev–Trinajstić information content (AvgIpc) is 2.58. The molecule has 0 radical (unpaired) electrons. The molecule has 0 spiro atoms. The summed E-state index contributed by atoms with van der Waals surface area (Å²) in [6.45, 7) is 9.12. The maximum absolute atomic E-state index is 14.4. The monoisotopic (exact) mass is 1180 g/mol. The molecule has 6 rings (SSSR count). The van der Waals surface area contributed by atoms with E-state index < -0.39 is 77.6 Å². The Hall–Kier alpha value is -6.15. The van der Waals surface area contributed by atoms with Crippen LogP contribution in [0.15, 0.2) is 66.3 Å². The molecule has 3 aliphatic heterocycles. The summed E-state index contributed by atoms with van der Waals surface area (Å²) in [7, 11) is 9.71. The number of fused-ring (bicyclic) bond motifs is 6.